The van der Waals surface area contributed by atoms with Crippen molar-refractivity contribution in [3.63, 3.8) is 0 Å². The smallest absolute Gasteiger partial charge is 0.0700 e. The third-order valence-electron chi connectivity index (χ3n) is 3.41. The molecular formula is C11H21NOS. The molecule has 2 nitrogen and oxygen atoms in total. The summed E-state index contributed by atoms with van der Waals surface area (Å²) in [5.41, 5.74) is 0. The highest BCUT2D eigenvalue weighted by molar-refractivity contribution is 7.99. The summed E-state index contributed by atoms with van der Waals surface area (Å²) >= 11 is 2.11. The molecule has 14 heavy (non-hydrogen) atoms. The third kappa shape index (κ3) is 2.44. The van der Waals surface area contributed by atoms with E-state index in [1.165, 1.54) is 25.0 Å². The lowest BCUT2D eigenvalue weighted by Crippen LogP contribution is -2.47. The first-order chi connectivity index (χ1) is 6.77. The van der Waals surface area contributed by atoms with E-state index >= 15 is 0 Å². The topological polar surface area (TPSA) is 21.3 Å². The molecule has 82 valence electrons. The molecule has 0 radical (unpaired) electrons. The molecule has 2 saturated heterocycles. The summed E-state index contributed by atoms with van der Waals surface area (Å²) in [6.07, 6.45) is 4.32. The maximum absolute atomic E-state index is 5.57. The molecule has 2 rings (SSSR count). The van der Waals surface area contributed by atoms with E-state index in [1.807, 2.05) is 0 Å². The highest BCUT2D eigenvalue weighted by Gasteiger charge is 2.29. The standard InChI is InChI=1S/C11H21NOS/c1-8-10(5-6-13-8)12-11-4-3-7-14-9(11)2/h8-12H,3-7H2,1-2H3. The summed E-state index contributed by atoms with van der Waals surface area (Å²) in [6.45, 7) is 5.47. The Hall–Kier alpha value is 0.270. The Bertz CT molecular complexity index is 188. The van der Waals surface area contributed by atoms with Crippen LogP contribution in [0.4, 0.5) is 0 Å². The van der Waals surface area contributed by atoms with Gasteiger partial charge in [0.1, 0.15) is 0 Å². The minimum Gasteiger partial charge on any atom is -0.377 e. The first kappa shape index (κ1) is 10.8. The van der Waals surface area contributed by atoms with Gasteiger partial charge in [-0.25, -0.2) is 0 Å². The Morgan fingerprint density at radius 1 is 1.21 bits per heavy atom. The quantitative estimate of drug-likeness (QED) is 0.761. The fourth-order valence-corrected chi connectivity index (χ4v) is 3.52. The molecule has 1 N–H and O–H groups in total. The molecule has 0 aromatic heterocycles. The highest BCUT2D eigenvalue weighted by atomic mass is 32.2. The number of hydrogen-bond donors (Lipinski definition) is 1. The summed E-state index contributed by atoms with van der Waals surface area (Å²) in [5.74, 6) is 1.34. The van der Waals surface area contributed by atoms with E-state index in [0.717, 1.165) is 11.9 Å². The van der Waals surface area contributed by atoms with Crippen LogP contribution in [0.15, 0.2) is 0 Å². The first-order valence-corrected chi connectivity index (χ1v) is 6.81. The summed E-state index contributed by atoms with van der Waals surface area (Å²) in [6, 6.07) is 1.31. The van der Waals surface area contributed by atoms with Gasteiger partial charge in [-0.15, -0.1) is 0 Å². The molecule has 2 aliphatic heterocycles. The van der Waals surface area contributed by atoms with Gasteiger partial charge in [-0.3, -0.25) is 0 Å². The second-order valence-corrected chi connectivity index (χ2v) is 5.95. The number of thioether (sulfide) groups is 1. The van der Waals surface area contributed by atoms with Crippen molar-refractivity contribution in [2.24, 2.45) is 0 Å². The minimum absolute atomic E-state index is 0.411. The van der Waals surface area contributed by atoms with Gasteiger partial charge in [-0.1, -0.05) is 6.92 Å². The maximum Gasteiger partial charge on any atom is 0.0700 e. The average Bonchev–Trinajstić information content (AvgIpc) is 2.56. The van der Waals surface area contributed by atoms with Crippen LogP contribution in [0.25, 0.3) is 0 Å². The van der Waals surface area contributed by atoms with Gasteiger partial charge in [-0.05, 0) is 31.9 Å². The number of hydrogen-bond acceptors (Lipinski definition) is 3. The van der Waals surface area contributed by atoms with Gasteiger partial charge in [0.15, 0.2) is 0 Å². The van der Waals surface area contributed by atoms with Crippen LogP contribution >= 0.6 is 11.8 Å². The largest absolute Gasteiger partial charge is 0.377 e. The molecule has 0 bridgehead atoms. The first-order valence-electron chi connectivity index (χ1n) is 5.76. The maximum atomic E-state index is 5.57. The predicted molar refractivity (Wildman–Crippen MR) is 61.9 cm³/mol. The molecule has 0 saturated carbocycles. The van der Waals surface area contributed by atoms with Gasteiger partial charge < -0.3 is 10.1 Å². The lowest BCUT2D eigenvalue weighted by atomic mass is 10.0. The van der Waals surface area contributed by atoms with E-state index in [9.17, 15) is 0 Å². The number of rotatable bonds is 2. The van der Waals surface area contributed by atoms with Crippen LogP contribution in [0.2, 0.25) is 0 Å². The Kier molecular flexibility index (Phi) is 3.74. The normalized spacial score (nSPS) is 44.1. The van der Waals surface area contributed by atoms with Crippen LogP contribution in [-0.4, -0.2) is 35.8 Å². The third-order valence-corrected chi connectivity index (χ3v) is 4.79. The van der Waals surface area contributed by atoms with Crippen molar-refractivity contribution in [2.45, 2.75) is 56.5 Å². The van der Waals surface area contributed by atoms with Crippen LogP contribution < -0.4 is 5.32 Å². The molecule has 0 aromatic rings. The Morgan fingerprint density at radius 2 is 2.07 bits per heavy atom. The van der Waals surface area contributed by atoms with Crippen LogP contribution in [0.3, 0.4) is 0 Å². The van der Waals surface area contributed by atoms with Gasteiger partial charge in [0, 0.05) is 23.9 Å². The zero-order chi connectivity index (χ0) is 9.97. The second kappa shape index (κ2) is 4.86. The van der Waals surface area contributed by atoms with Crippen molar-refractivity contribution >= 4 is 11.8 Å². The molecule has 2 heterocycles. The Balaban J connectivity index is 1.83. The van der Waals surface area contributed by atoms with Gasteiger partial charge >= 0.3 is 0 Å². The molecule has 0 aromatic carbocycles. The fourth-order valence-electron chi connectivity index (χ4n) is 2.37. The predicted octanol–water partition coefficient (Wildman–Crippen LogP) is 2.04. The van der Waals surface area contributed by atoms with Crippen LogP contribution in [0.5, 0.6) is 0 Å². The van der Waals surface area contributed by atoms with E-state index in [2.05, 4.69) is 30.9 Å². The molecule has 4 unspecified atom stereocenters. The lowest BCUT2D eigenvalue weighted by Gasteiger charge is -2.32. The van der Waals surface area contributed by atoms with Crippen molar-refractivity contribution in [3.05, 3.63) is 0 Å². The summed E-state index contributed by atoms with van der Waals surface area (Å²) < 4.78 is 5.57. The lowest BCUT2D eigenvalue weighted by molar-refractivity contribution is 0.110. The van der Waals surface area contributed by atoms with E-state index in [1.54, 1.807) is 0 Å². The summed E-state index contributed by atoms with van der Waals surface area (Å²) in [5, 5.41) is 4.55. The van der Waals surface area contributed by atoms with Crippen molar-refractivity contribution < 1.29 is 4.74 Å². The SMILES string of the molecule is CC1OCCC1NC1CCCSC1C. The molecule has 3 heteroatoms. The van der Waals surface area contributed by atoms with Crippen molar-refractivity contribution in [1.29, 1.82) is 0 Å². The van der Waals surface area contributed by atoms with Crippen LogP contribution in [0.1, 0.15) is 33.1 Å². The number of ether oxygens (including phenoxy) is 1. The van der Waals surface area contributed by atoms with Gasteiger partial charge in [0.25, 0.3) is 0 Å². The molecule has 2 aliphatic rings. The van der Waals surface area contributed by atoms with E-state index in [4.69, 9.17) is 4.74 Å². The van der Waals surface area contributed by atoms with Crippen molar-refractivity contribution in [3.8, 4) is 0 Å². The second-order valence-electron chi connectivity index (χ2n) is 4.46. The van der Waals surface area contributed by atoms with Gasteiger partial charge in [0.05, 0.1) is 6.10 Å². The highest BCUT2D eigenvalue weighted by Crippen LogP contribution is 2.26. The van der Waals surface area contributed by atoms with Gasteiger partial charge in [-0.2, -0.15) is 11.8 Å². The summed E-state index contributed by atoms with van der Waals surface area (Å²) in [4.78, 5) is 0. The zero-order valence-electron chi connectivity index (χ0n) is 9.16. The minimum atomic E-state index is 0.411. The van der Waals surface area contributed by atoms with Gasteiger partial charge in [0.2, 0.25) is 0 Å². The van der Waals surface area contributed by atoms with Crippen molar-refractivity contribution in [1.82, 2.24) is 5.32 Å². The summed E-state index contributed by atoms with van der Waals surface area (Å²) in [7, 11) is 0. The zero-order valence-corrected chi connectivity index (χ0v) is 9.98. The average molecular weight is 215 g/mol. The Labute approximate surface area is 91.2 Å². The van der Waals surface area contributed by atoms with Crippen LogP contribution in [-0.2, 0) is 4.74 Å². The molecule has 0 spiro atoms. The van der Waals surface area contributed by atoms with Crippen molar-refractivity contribution in [2.75, 3.05) is 12.4 Å². The molecule has 2 fully saturated rings. The van der Waals surface area contributed by atoms with E-state index < -0.39 is 0 Å². The van der Waals surface area contributed by atoms with E-state index in [0.29, 0.717) is 18.2 Å². The molecular weight excluding hydrogens is 194 g/mol. The van der Waals surface area contributed by atoms with E-state index in [-0.39, 0.29) is 0 Å². The Morgan fingerprint density at radius 3 is 2.71 bits per heavy atom. The van der Waals surface area contributed by atoms with Crippen LogP contribution in [0, 0.1) is 0 Å². The molecule has 0 amide bonds. The molecule has 0 aliphatic carbocycles. The molecule has 4 atom stereocenters. The number of nitrogens with one attached hydrogen (secondary N) is 1. The monoisotopic (exact) mass is 215 g/mol. The fraction of sp³-hybridized carbons (Fsp3) is 1.00.